The molecule has 1 heterocycles. The molecule has 5 heteroatoms. The van der Waals surface area contributed by atoms with Crippen LogP contribution in [0.1, 0.15) is 30.1 Å². The van der Waals surface area contributed by atoms with Crippen molar-refractivity contribution in [3.8, 4) is 0 Å². The van der Waals surface area contributed by atoms with Gasteiger partial charge in [-0.05, 0) is 25.8 Å². The van der Waals surface area contributed by atoms with Crippen LogP contribution in [0.5, 0.6) is 0 Å². The van der Waals surface area contributed by atoms with Crippen LogP contribution >= 0.6 is 0 Å². The summed E-state index contributed by atoms with van der Waals surface area (Å²) in [5.41, 5.74) is 6.05. The lowest BCUT2D eigenvalue weighted by Crippen LogP contribution is -2.19. The third-order valence-electron chi connectivity index (χ3n) is 2.64. The number of hydrogen-bond acceptors (Lipinski definition) is 4. The van der Waals surface area contributed by atoms with E-state index in [-0.39, 0.29) is 16.8 Å². The highest BCUT2D eigenvalue weighted by Crippen LogP contribution is 2.39. The van der Waals surface area contributed by atoms with E-state index >= 15 is 0 Å². The minimum atomic E-state index is -1.03. The Kier molecular flexibility index (Phi) is 2.03. The van der Waals surface area contributed by atoms with E-state index in [1.54, 1.807) is 0 Å². The predicted molar refractivity (Wildman–Crippen MR) is 56.9 cm³/mol. The van der Waals surface area contributed by atoms with E-state index in [1.165, 1.54) is 12.3 Å². The molecule has 1 fully saturated rings. The van der Waals surface area contributed by atoms with Crippen LogP contribution in [0, 0.1) is 0 Å². The second kappa shape index (κ2) is 3.12. The van der Waals surface area contributed by atoms with Gasteiger partial charge < -0.3 is 16.2 Å². The maximum atomic E-state index is 10.8. The van der Waals surface area contributed by atoms with Crippen LogP contribution in [-0.4, -0.2) is 21.6 Å². The molecule has 1 aliphatic carbocycles. The first kappa shape index (κ1) is 9.76. The summed E-state index contributed by atoms with van der Waals surface area (Å²) in [6.07, 6.45) is 3.57. The number of carbonyl (C=O) groups is 1. The van der Waals surface area contributed by atoms with Crippen molar-refractivity contribution in [3.05, 3.63) is 17.8 Å². The lowest BCUT2D eigenvalue weighted by atomic mass is 10.2. The fourth-order valence-electron chi connectivity index (χ4n) is 1.36. The monoisotopic (exact) mass is 207 g/mol. The molecular weight excluding hydrogens is 194 g/mol. The second-order valence-corrected chi connectivity index (χ2v) is 4.11. The first-order chi connectivity index (χ1) is 7.02. The van der Waals surface area contributed by atoms with Crippen LogP contribution < -0.4 is 11.1 Å². The van der Waals surface area contributed by atoms with Crippen molar-refractivity contribution in [3.63, 3.8) is 0 Å². The third-order valence-corrected chi connectivity index (χ3v) is 2.64. The van der Waals surface area contributed by atoms with Gasteiger partial charge in [0.15, 0.2) is 0 Å². The van der Waals surface area contributed by atoms with E-state index < -0.39 is 5.97 Å². The quantitative estimate of drug-likeness (QED) is 0.695. The number of nitrogens with two attached hydrogens (primary N) is 1. The van der Waals surface area contributed by atoms with Crippen molar-refractivity contribution in [2.24, 2.45) is 0 Å². The summed E-state index contributed by atoms with van der Waals surface area (Å²) < 4.78 is 0. The molecule has 0 aromatic carbocycles. The van der Waals surface area contributed by atoms with E-state index in [1.807, 2.05) is 0 Å². The number of carboxylic acids is 1. The van der Waals surface area contributed by atoms with E-state index in [2.05, 4.69) is 17.2 Å². The Morgan fingerprint density at radius 2 is 2.33 bits per heavy atom. The van der Waals surface area contributed by atoms with Crippen molar-refractivity contribution >= 4 is 17.5 Å². The van der Waals surface area contributed by atoms with Crippen molar-refractivity contribution in [2.45, 2.75) is 25.3 Å². The van der Waals surface area contributed by atoms with E-state index in [9.17, 15) is 4.79 Å². The van der Waals surface area contributed by atoms with Gasteiger partial charge in [-0.2, -0.15) is 0 Å². The van der Waals surface area contributed by atoms with Crippen molar-refractivity contribution in [1.29, 1.82) is 0 Å². The molecule has 15 heavy (non-hydrogen) atoms. The molecule has 0 unspecified atom stereocenters. The van der Waals surface area contributed by atoms with Crippen LogP contribution in [0.2, 0.25) is 0 Å². The zero-order valence-corrected chi connectivity index (χ0v) is 8.45. The van der Waals surface area contributed by atoms with Gasteiger partial charge in [0.25, 0.3) is 0 Å². The summed E-state index contributed by atoms with van der Waals surface area (Å²) in [7, 11) is 0. The average Bonchev–Trinajstić information content (AvgIpc) is 2.87. The molecule has 1 saturated carbocycles. The summed E-state index contributed by atoms with van der Waals surface area (Å²) in [6, 6.07) is 1.40. The zero-order valence-electron chi connectivity index (χ0n) is 8.45. The molecule has 2 rings (SSSR count). The largest absolute Gasteiger partial charge is 0.478 e. The fraction of sp³-hybridized carbons (Fsp3) is 0.400. The minimum Gasteiger partial charge on any atom is -0.478 e. The molecule has 0 bridgehead atoms. The maximum Gasteiger partial charge on any atom is 0.337 e. The van der Waals surface area contributed by atoms with Crippen molar-refractivity contribution < 1.29 is 9.90 Å². The number of aromatic nitrogens is 1. The van der Waals surface area contributed by atoms with Crippen LogP contribution in [0.4, 0.5) is 11.5 Å². The number of pyridine rings is 1. The molecule has 0 aliphatic heterocycles. The molecule has 1 aliphatic rings. The zero-order chi connectivity index (χ0) is 11.1. The molecule has 80 valence electrons. The number of nitrogens with zero attached hydrogens (tertiary/aromatic N) is 1. The number of hydrogen-bond donors (Lipinski definition) is 3. The Bertz CT molecular complexity index is 413. The molecule has 1 aromatic heterocycles. The van der Waals surface area contributed by atoms with E-state index in [0.29, 0.717) is 5.82 Å². The summed E-state index contributed by atoms with van der Waals surface area (Å²) in [4.78, 5) is 14.9. The molecule has 0 amide bonds. The molecule has 4 N–H and O–H groups in total. The number of carboxylic acid groups (broad SMARTS) is 1. The SMILES string of the molecule is CC1(Nc2nccc(C(=O)O)c2N)CC1. The maximum absolute atomic E-state index is 10.8. The van der Waals surface area contributed by atoms with Gasteiger partial charge in [0.05, 0.1) is 11.3 Å². The van der Waals surface area contributed by atoms with Gasteiger partial charge >= 0.3 is 5.97 Å². The Morgan fingerprint density at radius 1 is 1.67 bits per heavy atom. The lowest BCUT2D eigenvalue weighted by molar-refractivity contribution is 0.0698. The summed E-state index contributed by atoms with van der Waals surface area (Å²) in [5, 5.41) is 12.0. The van der Waals surface area contributed by atoms with Crippen LogP contribution in [-0.2, 0) is 0 Å². The number of anilines is 2. The number of nitrogen functional groups attached to an aromatic ring is 1. The number of rotatable bonds is 3. The van der Waals surface area contributed by atoms with E-state index in [0.717, 1.165) is 12.8 Å². The van der Waals surface area contributed by atoms with Gasteiger partial charge in [-0.15, -0.1) is 0 Å². The Morgan fingerprint density at radius 3 is 2.87 bits per heavy atom. The standard InChI is InChI=1S/C10H13N3O2/c1-10(3-4-10)13-8-7(11)6(9(14)15)2-5-12-8/h2,5H,3-4,11H2,1H3,(H,12,13)(H,14,15). The van der Waals surface area contributed by atoms with Crippen LogP contribution in [0.15, 0.2) is 12.3 Å². The first-order valence-electron chi connectivity index (χ1n) is 4.78. The predicted octanol–water partition coefficient (Wildman–Crippen LogP) is 1.33. The molecule has 0 saturated heterocycles. The summed E-state index contributed by atoms with van der Waals surface area (Å²) in [5.74, 6) is -0.561. The average molecular weight is 207 g/mol. The van der Waals surface area contributed by atoms with Gasteiger partial charge in [0.2, 0.25) is 0 Å². The molecular formula is C10H13N3O2. The van der Waals surface area contributed by atoms with Gasteiger partial charge in [-0.25, -0.2) is 9.78 Å². The molecule has 0 radical (unpaired) electrons. The van der Waals surface area contributed by atoms with Gasteiger partial charge in [0, 0.05) is 11.7 Å². The van der Waals surface area contributed by atoms with Gasteiger partial charge in [-0.3, -0.25) is 0 Å². The number of aromatic carboxylic acids is 1. The minimum absolute atomic E-state index is 0.0399. The molecule has 0 atom stereocenters. The summed E-state index contributed by atoms with van der Waals surface area (Å²) >= 11 is 0. The molecule has 0 spiro atoms. The molecule has 5 nitrogen and oxygen atoms in total. The van der Waals surface area contributed by atoms with Crippen molar-refractivity contribution in [1.82, 2.24) is 4.98 Å². The Balaban J connectivity index is 2.31. The lowest BCUT2D eigenvalue weighted by Gasteiger charge is -2.14. The van der Waals surface area contributed by atoms with E-state index in [4.69, 9.17) is 10.8 Å². The smallest absolute Gasteiger partial charge is 0.337 e. The fourth-order valence-corrected chi connectivity index (χ4v) is 1.36. The van der Waals surface area contributed by atoms with Crippen LogP contribution in [0.3, 0.4) is 0 Å². The normalized spacial score (nSPS) is 17.1. The Labute approximate surface area is 87.3 Å². The Hall–Kier alpha value is -1.78. The van der Waals surface area contributed by atoms with Crippen molar-refractivity contribution in [2.75, 3.05) is 11.1 Å². The highest BCUT2D eigenvalue weighted by Gasteiger charge is 2.38. The number of nitrogens with one attached hydrogen (secondary N) is 1. The third kappa shape index (κ3) is 1.86. The first-order valence-corrected chi connectivity index (χ1v) is 4.78. The topological polar surface area (TPSA) is 88.2 Å². The molecule has 1 aromatic rings. The van der Waals surface area contributed by atoms with Crippen LogP contribution in [0.25, 0.3) is 0 Å². The van der Waals surface area contributed by atoms with Gasteiger partial charge in [-0.1, -0.05) is 0 Å². The summed E-state index contributed by atoms with van der Waals surface area (Å²) in [6.45, 7) is 2.06. The van der Waals surface area contributed by atoms with Gasteiger partial charge in [0.1, 0.15) is 5.82 Å². The highest BCUT2D eigenvalue weighted by atomic mass is 16.4. The second-order valence-electron chi connectivity index (χ2n) is 4.11. The highest BCUT2D eigenvalue weighted by molar-refractivity contribution is 5.96.